The Balaban J connectivity index is 3.22. The number of hydrogen-bond donors (Lipinski definition) is 1. The molecule has 0 radical (unpaired) electrons. The Morgan fingerprint density at radius 3 is 2.67 bits per heavy atom. The van der Waals surface area contributed by atoms with Crippen molar-refractivity contribution in [3.63, 3.8) is 0 Å². The third-order valence-electron chi connectivity index (χ3n) is 2.11. The van der Waals surface area contributed by atoms with Crippen molar-refractivity contribution in [1.29, 1.82) is 0 Å². The number of hydrogen-bond acceptors (Lipinski definition) is 2. The Hall–Kier alpha value is -1.84. The van der Waals surface area contributed by atoms with Crippen molar-refractivity contribution < 1.29 is 0 Å². The number of rotatable bonds is 4. The zero-order valence-electron chi connectivity index (χ0n) is 9.03. The van der Waals surface area contributed by atoms with Crippen LogP contribution in [0.2, 0.25) is 0 Å². The lowest BCUT2D eigenvalue weighted by molar-refractivity contribution is 0.796. The molecule has 0 aliphatic rings. The van der Waals surface area contributed by atoms with Gasteiger partial charge in [0.15, 0.2) is 5.82 Å². The summed E-state index contributed by atoms with van der Waals surface area (Å²) in [5.41, 5.74) is 0.737. The summed E-state index contributed by atoms with van der Waals surface area (Å²) in [4.78, 5) is 11.2. The number of aromatic amines is 1. The second kappa shape index (κ2) is 4.59. The highest BCUT2D eigenvalue weighted by Gasteiger charge is 2.05. The number of nitrogens with one attached hydrogen (secondary N) is 1. The largest absolute Gasteiger partial charge is 0.347 e. The fourth-order valence-electron chi connectivity index (χ4n) is 1.21. The van der Waals surface area contributed by atoms with Crippen LogP contribution in [0.4, 0.5) is 0 Å². The molecule has 0 saturated carbocycles. The molecule has 1 N–H and O–H groups in total. The fraction of sp³-hybridized carbons (Fsp3) is 0.273. The Bertz CT molecular complexity index is 449. The molecule has 1 aromatic rings. The summed E-state index contributed by atoms with van der Waals surface area (Å²) in [6.45, 7) is 11.4. The van der Waals surface area contributed by atoms with Crippen molar-refractivity contribution in [3.05, 3.63) is 41.1 Å². The summed E-state index contributed by atoms with van der Waals surface area (Å²) >= 11 is 0. The maximum absolute atomic E-state index is 11.2. The lowest BCUT2D eigenvalue weighted by atomic mass is 10.0. The molecule has 0 aliphatic heterocycles. The molecule has 0 atom stereocenters. The Morgan fingerprint density at radius 1 is 1.53 bits per heavy atom. The van der Waals surface area contributed by atoms with Crippen molar-refractivity contribution in [2.45, 2.75) is 13.8 Å². The van der Waals surface area contributed by atoms with Crippen LogP contribution in [0.1, 0.15) is 19.7 Å². The van der Waals surface area contributed by atoms with Gasteiger partial charge in [-0.25, -0.2) is 9.89 Å². The van der Waals surface area contributed by atoms with Crippen LogP contribution in [0.3, 0.4) is 0 Å². The number of allylic oxidation sites excluding steroid dienone is 2. The molecule has 80 valence electrons. The highest BCUT2D eigenvalue weighted by atomic mass is 16.1. The molecular weight excluding hydrogens is 190 g/mol. The van der Waals surface area contributed by atoms with Crippen LogP contribution < -0.4 is 5.69 Å². The van der Waals surface area contributed by atoms with Gasteiger partial charge in [-0.3, -0.25) is 4.57 Å². The zero-order valence-corrected chi connectivity index (χ0v) is 9.03. The van der Waals surface area contributed by atoms with Gasteiger partial charge in [-0.2, -0.15) is 5.10 Å². The van der Waals surface area contributed by atoms with Gasteiger partial charge in [0.2, 0.25) is 0 Å². The van der Waals surface area contributed by atoms with Crippen molar-refractivity contribution in [1.82, 2.24) is 14.8 Å². The summed E-state index contributed by atoms with van der Waals surface area (Å²) in [5.74, 6) is 0.881. The first kappa shape index (κ1) is 11.2. The molecule has 0 fully saturated rings. The van der Waals surface area contributed by atoms with E-state index >= 15 is 0 Å². The second-order valence-electron chi connectivity index (χ2n) is 3.44. The van der Waals surface area contributed by atoms with Gasteiger partial charge in [-0.15, -0.1) is 0 Å². The lowest BCUT2D eigenvalue weighted by Gasteiger charge is -2.04. The molecule has 0 unspecified atom stereocenters. The first-order valence-corrected chi connectivity index (χ1v) is 4.73. The van der Waals surface area contributed by atoms with Crippen LogP contribution in [0.25, 0.3) is 12.3 Å². The van der Waals surface area contributed by atoms with Crippen molar-refractivity contribution in [2.24, 2.45) is 5.92 Å². The van der Waals surface area contributed by atoms with Crippen molar-refractivity contribution >= 4 is 12.3 Å². The molecule has 4 heteroatoms. The van der Waals surface area contributed by atoms with Gasteiger partial charge in [0.1, 0.15) is 0 Å². The van der Waals surface area contributed by atoms with E-state index in [-0.39, 0.29) is 5.69 Å². The van der Waals surface area contributed by atoms with Gasteiger partial charge in [0.25, 0.3) is 0 Å². The first-order valence-electron chi connectivity index (χ1n) is 4.73. The van der Waals surface area contributed by atoms with Crippen LogP contribution >= 0.6 is 0 Å². The third-order valence-corrected chi connectivity index (χ3v) is 2.11. The normalized spacial score (nSPS) is 11.8. The van der Waals surface area contributed by atoms with Gasteiger partial charge in [0.05, 0.1) is 0 Å². The van der Waals surface area contributed by atoms with E-state index in [9.17, 15) is 4.79 Å². The number of aromatic nitrogens is 3. The van der Waals surface area contributed by atoms with E-state index in [0.29, 0.717) is 11.7 Å². The van der Waals surface area contributed by atoms with Gasteiger partial charge in [0, 0.05) is 6.20 Å². The Labute approximate surface area is 88.6 Å². The average Bonchev–Trinajstić information content (AvgIpc) is 2.54. The lowest BCUT2D eigenvalue weighted by Crippen LogP contribution is -2.12. The molecule has 1 aromatic heterocycles. The van der Waals surface area contributed by atoms with Crippen LogP contribution in [0.15, 0.2) is 29.6 Å². The molecule has 1 rings (SSSR count). The summed E-state index contributed by atoms with van der Waals surface area (Å²) in [7, 11) is 0. The summed E-state index contributed by atoms with van der Waals surface area (Å²) in [6, 6.07) is 0. The fourth-order valence-corrected chi connectivity index (χ4v) is 1.21. The van der Waals surface area contributed by atoms with Crippen LogP contribution in [0.5, 0.6) is 0 Å². The Kier molecular flexibility index (Phi) is 3.44. The maximum Gasteiger partial charge on any atom is 0.347 e. The first-order chi connectivity index (χ1) is 7.10. The van der Waals surface area contributed by atoms with E-state index < -0.39 is 0 Å². The number of H-pyrrole nitrogens is 1. The third kappa shape index (κ3) is 2.34. The standard InChI is InChI=1S/C11H15N3O/c1-5-9(8(3)4)7-10-12-13-11(15)14(10)6-2/h5-8H,1-2H2,3-4H3,(H,13,15)/b9-7+. The van der Waals surface area contributed by atoms with Gasteiger partial charge in [-0.05, 0) is 17.6 Å². The van der Waals surface area contributed by atoms with E-state index in [2.05, 4.69) is 37.2 Å². The second-order valence-corrected chi connectivity index (χ2v) is 3.44. The van der Waals surface area contributed by atoms with Gasteiger partial charge >= 0.3 is 5.69 Å². The zero-order chi connectivity index (χ0) is 11.4. The van der Waals surface area contributed by atoms with E-state index in [1.165, 1.54) is 10.8 Å². The summed E-state index contributed by atoms with van der Waals surface area (Å²) in [6.07, 6.45) is 5.01. The van der Waals surface area contributed by atoms with E-state index in [1.807, 2.05) is 6.08 Å². The Morgan fingerprint density at radius 2 is 2.20 bits per heavy atom. The quantitative estimate of drug-likeness (QED) is 0.763. The summed E-state index contributed by atoms with van der Waals surface area (Å²) in [5, 5.41) is 6.25. The molecule has 0 amide bonds. The van der Waals surface area contributed by atoms with Gasteiger partial charge in [-0.1, -0.05) is 33.1 Å². The molecule has 0 aliphatic carbocycles. The molecule has 15 heavy (non-hydrogen) atoms. The van der Waals surface area contributed by atoms with Crippen molar-refractivity contribution in [3.8, 4) is 0 Å². The molecule has 4 nitrogen and oxygen atoms in total. The van der Waals surface area contributed by atoms with E-state index in [4.69, 9.17) is 0 Å². The molecule has 1 heterocycles. The SMILES string of the molecule is C=C/C(=C\c1n[nH]c(=O)n1C=C)C(C)C. The molecular formula is C11H15N3O. The molecule has 0 spiro atoms. The molecule has 0 saturated heterocycles. The van der Waals surface area contributed by atoms with Crippen LogP contribution in [-0.2, 0) is 0 Å². The van der Waals surface area contributed by atoms with Crippen LogP contribution in [0, 0.1) is 5.92 Å². The number of nitrogens with zero attached hydrogens (tertiary/aromatic N) is 2. The highest BCUT2D eigenvalue weighted by molar-refractivity contribution is 5.51. The van der Waals surface area contributed by atoms with E-state index in [1.54, 1.807) is 6.08 Å². The summed E-state index contributed by atoms with van der Waals surface area (Å²) < 4.78 is 1.35. The van der Waals surface area contributed by atoms with Crippen molar-refractivity contribution in [2.75, 3.05) is 0 Å². The maximum atomic E-state index is 11.2. The molecule has 0 bridgehead atoms. The minimum Gasteiger partial charge on any atom is -0.251 e. The van der Waals surface area contributed by atoms with E-state index in [0.717, 1.165) is 5.57 Å². The van der Waals surface area contributed by atoms with Gasteiger partial charge < -0.3 is 0 Å². The predicted molar refractivity (Wildman–Crippen MR) is 62.2 cm³/mol. The minimum atomic E-state index is -0.289. The highest BCUT2D eigenvalue weighted by Crippen LogP contribution is 2.13. The van der Waals surface area contributed by atoms with Crippen LogP contribution in [-0.4, -0.2) is 14.8 Å². The molecule has 0 aromatic carbocycles. The average molecular weight is 205 g/mol. The minimum absolute atomic E-state index is 0.289. The predicted octanol–water partition coefficient (Wildman–Crippen LogP) is 1.90. The monoisotopic (exact) mass is 205 g/mol. The topological polar surface area (TPSA) is 50.7 Å². The smallest absolute Gasteiger partial charge is 0.251 e.